The fourth-order valence-corrected chi connectivity index (χ4v) is 5.52. The number of nitrogens with one attached hydrogen (secondary N) is 2. The first-order valence-electron chi connectivity index (χ1n) is 11.5. The second-order valence-electron chi connectivity index (χ2n) is 8.84. The highest BCUT2D eigenvalue weighted by Gasteiger charge is 2.32. The minimum Gasteiger partial charge on any atom is -0.351 e. The van der Waals surface area contributed by atoms with Crippen LogP contribution in [-0.4, -0.2) is 34.4 Å². The molecule has 0 unspecified atom stereocenters. The lowest BCUT2D eigenvalue weighted by molar-refractivity contribution is 0.0620. The summed E-state index contributed by atoms with van der Waals surface area (Å²) in [5.41, 5.74) is 4.70. The van der Waals surface area contributed by atoms with Crippen molar-refractivity contribution in [3.8, 4) is 0 Å². The SMILES string of the molecule is CCN(C(=O)c1cc2ccccc2[nH]1)[C@H]1CCC[C@H](N[C@@H]2CCc3ccccc32)C1. The van der Waals surface area contributed by atoms with Crippen LogP contribution in [0.2, 0.25) is 0 Å². The zero-order valence-corrected chi connectivity index (χ0v) is 17.7. The summed E-state index contributed by atoms with van der Waals surface area (Å²) in [6.45, 7) is 2.85. The molecule has 0 spiro atoms. The van der Waals surface area contributed by atoms with Crippen molar-refractivity contribution in [1.82, 2.24) is 15.2 Å². The Kier molecular flexibility index (Phi) is 5.34. The third-order valence-corrected chi connectivity index (χ3v) is 7.02. The van der Waals surface area contributed by atoms with Crippen LogP contribution in [0.3, 0.4) is 0 Å². The molecular weight excluding hydrogens is 370 g/mol. The van der Waals surface area contributed by atoms with Crippen molar-refractivity contribution in [1.29, 1.82) is 0 Å². The molecule has 0 bridgehead atoms. The number of fused-ring (bicyclic) bond motifs is 2. The minimum atomic E-state index is 0.130. The zero-order chi connectivity index (χ0) is 20.5. The van der Waals surface area contributed by atoms with E-state index in [-0.39, 0.29) is 5.91 Å². The normalized spacial score (nSPS) is 23.4. The van der Waals surface area contributed by atoms with Gasteiger partial charge in [-0.2, -0.15) is 0 Å². The molecule has 1 amide bonds. The third kappa shape index (κ3) is 3.65. The van der Waals surface area contributed by atoms with Crippen LogP contribution in [0.5, 0.6) is 0 Å². The van der Waals surface area contributed by atoms with Crippen molar-refractivity contribution in [3.05, 3.63) is 71.4 Å². The fraction of sp³-hybridized carbons (Fsp3) is 0.423. The summed E-state index contributed by atoms with van der Waals surface area (Å²) in [4.78, 5) is 18.7. The van der Waals surface area contributed by atoms with E-state index in [0.717, 1.165) is 30.3 Å². The molecule has 3 atom stereocenters. The minimum absolute atomic E-state index is 0.130. The highest BCUT2D eigenvalue weighted by Crippen LogP contribution is 2.33. The Morgan fingerprint density at radius 2 is 1.93 bits per heavy atom. The number of nitrogens with zero attached hydrogens (tertiary/aromatic N) is 1. The summed E-state index contributed by atoms with van der Waals surface area (Å²) in [5, 5.41) is 5.03. The maximum atomic E-state index is 13.3. The van der Waals surface area contributed by atoms with Crippen LogP contribution in [0.1, 0.15) is 66.7 Å². The van der Waals surface area contributed by atoms with Crippen molar-refractivity contribution >= 4 is 16.8 Å². The smallest absolute Gasteiger partial charge is 0.270 e. The lowest BCUT2D eigenvalue weighted by atomic mass is 9.89. The monoisotopic (exact) mass is 401 g/mol. The quantitative estimate of drug-likeness (QED) is 0.616. The van der Waals surface area contributed by atoms with Crippen LogP contribution in [0.4, 0.5) is 0 Å². The number of carbonyl (C=O) groups excluding carboxylic acids is 1. The van der Waals surface area contributed by atoms with Gasteiger partial charge in [0.2, 0.25) is 0 Å². The van der Waals surface area contributed by atoms with Gasteiger partial charge in [0.25, 0.3) is 5.91 Å². The summed E-state index contributed by atoms with van der Waals surface area (Å²) in [5.74, 6) is 0.130. The van der Waals surface area contributed by atoms with Gasteiger partial charge in [-0.25, -0.2) is 0 Å². The number of aromatic amines is 1. The molecule has 0 radical (unpaired) electrons. The Labute approximate surface area is 178 Å². The van der Waals surface area contributed by atoms with Gasteiger partial charge in [-0.05, 0) is 68.7 Å². The van der Waals surface area contributed by atoms with Gasteiger partial charge in [-0.3, -0.25) is 4.79 Å². The maximum Gasteiger partial charge on any atom is 0.270 e. The third-order valence-electron chi connectivity index (χ3n) is 7.02. The van der Waals surface area contributed by atoms with Gasteiger partial charge >= 0.3 is 0 Å². The summed E-state index contributed by atoms with van der Waals surface area (Å²) < 4.78 is 0. The fourth-order valence-electron chi connectivity index (χ4n) is 5.52. The first-order chi connectivity index (χ1) is 14.7. The van der Waals surface area contributed by atoms with Gasteiger partial charge in [0.15, 0.2) is 0 Å². The molecule has 2 N–H and O–H groups in total. The van der Waals surface area contributed by atoms with E-state index in [0.29, 0.717) is 23.8 Å². The topological polar surface area (TPSA) is 48.1 Å². The number of benzene rings is 2. The van der Waals surface area contributed by atoms with E-state index < -0.39 is 0 Å². The Hall–Kier alpha value is -2.59. The van der Waals surface area contributed by atoms with E-state index in [2.05, 4.69) is 52.5 Å². The molecule has 0 aliphatic heterocycles. The number of aryl methyl sites for hydroxylation is 1. The van der Waals surface area contributed by atoms with Gasteiger partial charge in [0, 0.05) is 35.6 Å². The predicted molar refractivity (Wildman–Crippen MR) is 122 cm³/mol. The zero-order valence-electron chi connectivity index (χ0n) is 17.7. The Balaban J connectivity index is 1.29. The number of hydrogen-bond acceptors (Lipinski definition) is 2. The number of rotatable bonds is 5. The molecule has 1 saturated carbocycles. The molecule has 4 heteroatoms. The Bertz CT molecular complexity index is 1010. The molecule has 1 heterocycles. The standard InChI is InChI=1S/C26H31N3O/c1-2-29(26(30)25-16-19-9-4-6-13-23(19)28-25)21-11-7-10-20(17-21)27-24-15-14-18-8-3-5-12-22(18)24/h3-6,8-9,12-13,16,20-21,24,27-28H,2,7,10-11,14-15,17H2,1H3/t20-,21-,24+/m0/s1. The van der Waals surface area contributed by atoms with E-state index >= 15 is 0 Å². The van der Waals surface area contributed by atoms with Gasteiger partial charge < -0.3 is 15.2 Å². The molecule has 5 rings (SSSR count). The van der Waals surface area contributed by atoms with Crippen LogP contribution in [-0.2, 0) is 6.42 Å². The van der Waals surface area contributed by atoms with Gasteiger partial charge in [0.05, 0.1) is 0 Å². The molecule has 2 aromatic carbocycles. The summed E-state index contributed by atoms with van der Waals surface area (Å²) in [6, 6.07) is 20.2. The van der Waals surface area contributed by atoms with Gasteiger partial charge in [-0.15, -0.1) is 0 Å². The summed E-state index contributed by atoms with van der Waals surface area (Å²) in [6.07, 6.45) is 6.87. The van der Waals surface area contributed by atoms with Crippen molar-refractivity contribution in [3.63, 3.8) is 0 Å². The highest BCUT2D eigenvalue weighted by molar-refractivity contribution is 5.98. The second-order valence-corrected chi connectivity index (χ2v) is 8.84. The van der Waals surface area contributed by atoms with E-state index in [4.69, 9.17) is 0 Å². The van der Waals surface area contributed by atoms with Gasteiger partial charge in [-0.1, -0.05) is 42.5 Å². The van der Waals surface area contributed by atoms with E-state index in [9.17, 15) is 4.79 Å². The predicted octanol–water partition coefficient (Wildman–Crippen LogP) is 5.22. The molecule has 1 fully saturated rings. The molecule has 156 valence electrons. The molecule has 4 nitrogen and oxygen atoms in total. The Morgan fingerprint density at radius 3 is 2.80 bits per heavy atom. The number of para-hydroxylation sites is 1. The first-order valence-corrected chi connectivity index (χ1v) is 11.5. The van der Waals surface area contributed by atoms with E-state index in [1.807, 2.05) is 24.3 Å². The van der Waals surface area contributed by atoms with Crippen molar-refractivity contribution in [2.45, 2.75) is 63.6 Å². The largest absolute Gasteiger partial charge is 0.351 e. The summed E-state index contributed by atoms with van der Waals surface area (Å²) in [7, 11) is 0. The van der Waals surface area contributed by atoms with Crippen molar-refractivity contribution in [2.24, 2.45) is 0 Å². The molecule has 2 aliphatic rings. The Morgan fingerprint density at radius 1 is 1.10 bits per heavy atom. The number of carbonyl (C=O) groups is 1. The molecule has 3 aromatic rings. The van der Waals surface area contributed by atoms with Crippen LogP contribution >= 0.6 is 0 Å². The number of aromatic nitrogens is 1. The average Bonchev–Trinajstić information content (AvgIpc) is 3.39. The maximum absolute atomic E-state index is 13.3. The van der Waals surface area contributed by atoms with E-state index in [1.165, 1.54) is 36.8 Å². The van der Waals surface area contributed by atoms with Crippen LogP contribution in [0.25, 0.3) is 10.9 Å². The molecule has 0 saturated heterocycles. The second kappa shape index (κ2) is 8.27. The molecule has 1 aromatic heterocycles. The summed E-state index contributed by atoms with van der Waals surface area (Å²) >= 11 is 0. The van der Waals surface area contributed by atoms with Crippen molar-refractivity contribution in [2.75, 3.05) is 6.54 Å². The molecular formula is C26H31N3O. The molecule has 30 heavy (non-hydrogen) atoms. The average molecular weight is 402 g/mol. The number of H-pyrrole nitrogens is 1. The number of hydrogen-bond donors (Lipinski definition) is 2. The van der Waals surface area contributed by atoms with E-state index in [1.54, 1.807) is 0 Å². The lowest BCUT2D eigenvalue weighted by Crippen LogP contribution is -2.47. The number of amides is 1. The van der Waals surface area contributed by atoms with Crippen molar-refractivity contribution < 1.29 is 4.79 Å². The molecule has 2 aliphatic carbocycles. The van der Waals surface area contributed by atoms with Crippen LogP contribution in [0.15, 0.2) is 54.6 Å². The first kappa shape index (κ1) is 19.4. The van der Waals surface area contributed by atoms with Crippen LogP contribution in [0, 0.1) is 0 Å². The lowest BCUT2D eigenvalue weighted by Gasteiger charge is -2.38. The van der Waals surface area contributed by atoms with Crippen LogP contribution < -0.4 is 5.32 Å². The highest BCUT2D eigenvalue weighted by atomic mass is 16.2. The van der Waals surface area contributed by atoms with Gasteiger partial charge in [0.1, 0.15) is 5.69 Å².